The van der Waals surface area contributed by atoms with E-state index in [-0.39, 0.29) is 12.1 Å². The highest BCUT2D eigenvalue weighted by Crippen LogP contribution is 2.20. The smallest absolute Gasteiger partial charge is 0.407 e. The molecule has 128 valence electrons. The van der Waals surface area contributed by atoms with Gasteiger partial charge in [-0.25, -0.2) is 9.78 Å². The first-order chi connectivity index (χ1) is 11.7. The first kappa shape index (κ1) is 16.8. The molecule has 1 saturated heterocycles. The summed E-state index contributed by atoms with van der Waals surface area (Å²) >= 11 is 5.95. The van der Waals surface area contributed by atoms with Crippen molar-refractivity contribution in [2.24, 2.45) is 0 Å². The predicted octanol–water partition coefficient (Wildman–Crippen LogP) is 3.03. The molecule has 0 radical (unpaired) electrons. The van der Waals surface area contributed by atoms with Crippen LogP contribution >= 0.6 is 11.6 Å². The number of benzene rings is 1. The molecular formula is C17H20ClN3O3. The Morgan fingerprint density at radius 2 is 2.29 bits per heavy atom. The minimum atomic E-state index is -0.440. The van der Waals surface area contributed by atoms with Crippen molar-refractivity contribution in [3.05, 3.63) is 53.6 Å². The van der Waals surface area contributed by atoms with E-state index in [2.05, 4.69) is 10.3 Å². The molecule has 24 heavy (non-hydrogen) atoms. The van der Waals surface area contributed by atoms with Gasteiger partial charge in [0.2, 0.25) is 0 Å². The Hall–Kier alpha value is -2.05. The molecule has 1 aliphatic rings. The number of hydrogen-bond acceptors (Lipinski definition) is 4. The fourth-order valence-electron chi connectivity index (χ4n) is 2.71. The molecular weight excluding hydrogens is 330 g/mol. The van der Waals surface area contributed by atoms with E-state index in [0.29, 0.717) is 18.2 Å². The maximum absolute atomic E-state index is 11.9. The van der Waals surface area contributed by atoms with E-state index in [1.165, 1.54) is 0 Å². The van der Waals surface area contributed by atoms with Gasteiger partial charge in [-0.3, -0.25) is 0 Å². The van der Waals surface area contributed by atoms with Crippen LogP contribution in [0.1, 0.15) is 24.4 Å². The van der Waals surface area contributed by atoms with E-state index < -0.39 is 6.09 Å². The molecule has 0 spiro atoms. The highest BCUT2D eigenvalue weighted by Gasteiger charge is 2.19. The van der Waals surface area contributed by atoms with Gasteiger partial charge in [0.25, 0.3) is 0 Å². The monoisotopic (exact) mass is 349 g/mol. The van der Waals surface area contributed by atoms with Gasteiger partial charge in [0, 0.05) is 30.6 Å². The van der Waals surface area contributed by atoms with Crippen LogP contribution in [0.2, 0.25) is 5.02 Å². The lowest BCUT2D eigenvalue weighted by molar-refractivity contribution is 0.0437. The number of ether oxygens (including phenoxy) is 2. The van der Waals surface area contributed by atoms with E-state index in [1.807, 2.05) is 35.0 Å². The number of aromatic nitrogens is 2. The van der Waals surface area contributed by atoms with Crippen LogP contribution in [0.15, 0.2) is 43.0 Å². The second-order valence-corrected chi connectivity index (χ2v) is 6.13. The van der Waals surface area contributed by atoms with Crippen LogP contribution in [-0.2, 0) is 9.47 Å². The van der Waals surface area contributed by atoms with Crippen molar-refractivity contribution in [1.29, 1.82) is 0 Å². The third-order valence-electron chi connectivity index (χ3n) is 4.00. The van der Waals surface area contributed by atoms with Crippen molar-refractivity contribution in [3.8, 4) is 0 Å². The SMILES string of the molecule is O=C(NCC(c1ccc(Cl)cc1)n1ccnc1)OCC1CCCO1. The van der Waals surface area contributed by atoms with Crippen LogP contribution in [0.5, 0.6) is 0 Å². The van der Waals surface area contributed by atoms with E-state index in [4.69, 9.17) is 21.1 Å². The van der Waals surface area contributed by atoms with Crippen molar-refractivity contribution in [3.63, 3.8) is 0 Å². The lowest BCUT2D eigenvalue weighted by Gasteiger charge is -2.20. The molecule has 1 N–H and O–H groups in total. The fourth-order valence-corrected chi connectivity index (χ4v) is 2.84. The van der Waals surface area contributed by atoms with Crippen molar-refractivity contribution in [1.82, 2.24) is 14.9 Å². The quantitative estimate of drug-likeness (QED) is 0.870. The van der Waals surface area contributed by atoms with Gasteiger partial charge in [-0.05, 0) is 30.5 Å². The van der Waals surface area contributed by atoms with Crippen molar-refractivity contribution in [2.45, 2.75) is 25.0 Å². The Balaban J connectivity index is 1.57. The molecule has 1 fully saturated rings. The van der Waals surface area contributed by atoms with E-state index in [9.17, 15) is 4.79 Å². The normalized spacial score (nSPS) is 18.3. The molecule has 1 amide bonds. The molecule has 2 unspecified atom stereocenters. The molecule has 6 nitrogen and oxygen atoms in total. The van der Waals surface area contributed by atoms with Crippen LogP contribution in [-0.4, -0.2) is 41.5 Å². The molecule has 0 saturated carbocycles. The number of amides is 1. The van der Waals surface area contributed by atoms with Gasteiger partial charge in [-0.2, -0.15) is 0 Å². The Morgan fingerprint density at radius 1 is 1.46 bits per heavy atom. The number of nitrogens with zero attached hydrogens (tertiary/aromatic N) is 2. The number of nitrogens with one attached hydrogen (secondary N) is 1. The van der Waals surface area contributed by atoms with Crippen LogP contribution < -0.4 is 5.32 Å². The van der Waals surface area contributed by atoms with Crippen molar-refractivity contribution in [2.75, 3.05) is 19.8 Å². The standard InChI is InChI=1S/C17H20ClN3O3/c18-14-5-3-13(4-6-14)16(21-8-7-19-12-21)10-20-17(22)24-11-15-2-1-9-23-15/h3-8,12,15-16H,1-2,9-11H2,(H,20,22). The lowest BCUT2D eigenvalue weighted by Crippen LogP contribution is -2.33. The van der Waals surface area contributed by atoms with E-state index >= 15 is 0 Å². The summed E-state index contributed by atoms with van der Waals surface area (Å²) < 4.78 is 12.6. The number of alkyl carbamates (subject to hydrolysis) is 1. The van der Waals surface area contributed by atoms with Crippen LogP contribution in [0, 0.1) is 0 Å². The van der Waals surface area contributed by atoms with Crippen LogP contribution in [0.3, 0.4) is 0 Å². The summed E-state index contributed by atoms with van der Waals surface area (Å²) in [7, 11) is 0. The van der Waals surface area contributed by atoms with Gasteiger partial charge in [0.1, 0.15) is 6.61 Å². The zero-order valence-corrected chi connectivity index (χ0v) is 14.0. The first-order valence-electron chi connectivity index (χ1n) is 7.97. The average Bonchev–Trinajstić information content (AvgIpc) is 3.28. The zero-order chi connectivity index (χ0) is 16.8. The van der Waals surface area contributed by atoms with Gasteiger partial charge in [-0.1, -0.05) is 23.7 Å². The fraction of sp³-hybridized carbons (Fsp3) is 0.412. The van der Waals surface area contributed by atoms with Crippen molar-refractivity contribution < 1.29 is 14.3 Å². The summed E-state index contributed by atoms with van der Waals surface area (Å²) in [6.07, 6.45) is 6.83. The van der Waals surface area contributed by atoms with Gasteiger partial charge in [-0.15, -0.1) is 0 Å². The second kappa shape index (κ2) is 8.17. The summed E-state index contributed by atoms with van der Waals surface area (Å²) in [5, 5.41) is 3.48. The van der Waals surface area contributed by atoms with Crippen molar-refractivity contribution >= 4 is 17.7 Å². The zero-order valence-electron chi connectivity index (χ0n) is 13.2. The van der Waals surface area contributed by atoms with Gasteiger partial charge < -0.3 is 19.4 Å². The molecule has 2 aromatic rings. The summed E-state index contributed by atoms with van der Waals surface area (Å²) in [4.78, 5) is 16.0. The highest BCUT2D eigenvalue weighted by atomic mass is 35.5. The topological polar surface area (TPSA) is 65.4 Å². The molecule has 2 heterocycles. The van der Waals surface area contributed by atoms with Crippen LogP contribution in [0.4, 0.5) is 4.79 Å². The summed E-state index contributed by atoms with van der Waals surface area (Å²) in [6.45, 7) is 1.43. The Kier molecular flexibility index (Phi) is 5.72. The molecule has 7 heteroatoms. The van der Waals surface area contributed by atoms with Gasteiger partial charge >= 0.3 is 6.09 Å². The van der Waals surface area contributed by atoms with E-state index in [0.717, 1.165) is 25.0 Å². The number of carbonyl (C=O) groups is 1. The number of rotatable bonds is 6. The largest absolute Gasteiger partial charge is 0.447 e. The van der Waals surface area contributed by atoms with Crippen LogP contribution in [0.25, 0.3) is 0 Å². The second-order valence-electron chi connectivity index (χ2n) is 5.69. The number of hydrogen-bond donors (Lipinski definition) is 1. The minimum Gasteiger partial charge on any atom is -0.447 e. The molecule has 3 rings (SSSR count). The first-order valence-corrected chi connectivity index (χ1v) is 8.35. The Morgan fingerprint density at radius 3 is 2.96 bits per heavy atom. The maximum atomic E-state index is 11.9. The van der Waals surface area contributed by atoms with Gasteiger partial charge in [0.15, 0.2) is 0 Å². The Bertz CT molecular complexity index is 640. The molecule has 0 aliphatic carbocycles. The minimum absolute atomic E-state index is 0.0245. The maximum Gasteiger partial charge on any atom is 0.407 e. The molecule has 2 atom stereocenters. The summed E-state index contributed by atoms with van der Waals surface area (Å²) in [6, 6.07) is 7.45. The third-order valence-corrected chi connectivity index (χ3v) is 4.26. The van der Waals surface area contributed by atoms with Gasteiger partial charge in [0.05, 0.1) is 18.5 Å². The molecule has 0 bridgehead atoms. The molecule has 1 aromatic heterocycles. The number of halogens is 1. The Labute approximate surface area is 145 Å². The molecule has 1 aromatic carbocycles. The van der Waals surface area contributed by atoms with E-state index in [1.54, 1.807) is 12.5 Å². The highest BCUT2D eigenvalue weighted by molar-refractivity contribution is 6.30. The summed E-state index contributed by atoms with van der Waals surface area (Å²) in [5.41, 5.74) is 1.02. The average molecular weight is 350 g/mol. The number of carbonyl (C=O) groups excluding carboxylic acids is 1. The summed E-state index contributed by atoms with van der Waals surface area (Å²) in [5.74, 6) is 0. The third kappa shape index (κ3) is 4.49. The molecule has 1 aliphatic heterocycles. The number of imidazole rings is 1. The predicted molar refractivity (Wildman–Crippen MR) is 90.1 cm³/mol. The lowest BCUT2D eigenvalue weighted by atomic mass is 10.1.